The van der Waals surface area contributed by atoms with Gasteiger partial charge in [-0.05, 0) is 20.8 Å². The lowest BCUT2D eigenvalue weighted by molar-refractivity contribution is -0.163. The van der Waals surface area contributed by atoms with E-state index in [4.69, 9.17) is 0 Å². The van der Waals surface area contributed by atoms with E-state index in [0.29, 0.717) is 0 Å². The van der Waals surface area contributed by atoms with Gasteiger partial charge in [-0.3, -0.25) is 9.59 Å². The number of esters is 1. The Hall–Kier alpha value is -1.23. The second kappa shape index (κ2) is 4.71. The van der Waals surface area contributed by atoms with E-state index in [0.717, 1.165) is 6.92 Å². The summed E-state index contributed by atoms with van der Waals surface area (Å²) in [5.41, 5.74) is -0.734. The van der Waals surface area contributed by atoms with Gasteiger partial charge in [-0.1, -0.05) is 0 Å². The molecule has 76 valence electrons. The molecule has 5 heteroatoms. The topological polar surface area (TPSA) is 91.9 Å². The summed E-state index contributed by atoms with van der Waals surface area (Å²) in [5, 5.41) is 0. The summed E-state index contributed by atoms with van der Waals surface area (Å²) in [6, 6.07) is 0. The third kappa shape index (κ3) is 5.98. The Bertz CT molecular complexity index is 223. The second-order valence-electron chi connectivity index (χ2n) is 3.39. The molecular weight excluding hydrogens is 176 g/mol. The molecule has 0 atom stereocenters. The largest absolute Gasteiger partial charge is 0.454 e. The van der Waals surface area contributed by atoms with Crippen LogP contribution in [-0.4, -0.2) is 28.6 Å². The van der Waals surface area contributed by atoms with Crippen molar-refractivity contribution in [2.45, 2.75) is 33.3 Å². The molecule has 0 aromatic carbocycles. The van der Waals surface area contributed by atoms with Crippen molar-refractivity contribution in [1.82, 2.24) is 0 Å². The van der Waals surface area contributed by atoms with Gasteiger partial charge in [0, 0.05) is 6.92 Å². The molecule has 0 radical (unpaired) electrons. The third-order valence-electron chi connectivity index (χ3n) is 0.904. The van der Waals surface area contributed by atoms with E-state index in [1.807, 2.05) is 0 Å². The zero-order valence-corrected chi connectivity index (χ0v) is 8.13. The zero-order chi connectivity index (χ0) is 9.94. The van der Waals surface area contributed by atoms with Crippen molar-refractivity contribution in [3.63, 3.8) is 0 Å². The first-order valence-corrected chi connectivity index (χ1v) is 3.52. The van der Waals surface area contributed by atoms with Gasteiger partial charge in [0.05, 0.1) is 0 Å². The van der Waals surface area contributed by atoms with Crippen molar-refractivity contribution in [1.29, 1.82) is 0 Å². The van der Waals surface area contributed by atoms with Gasteiger partial charge < -0.3 is 10.2 Å². The van der Waals surface area contributed by atoms with E-state index >= 15 is 0 Å². The van der Waals surface area contributed by atoms with E-state index in [9.17, 15) is 14.4 Å². The monoisotopic (exact) mass is 190 g/mol. The average Bonchev–Trinajstić information content (AvgIpc) is 1.82. The van der Waals surface area contributed by atoms with Crippen LogP contribution in [0.5, 0.6) is 0 Å². The second-order valence-corrected chi connectivity index (χ2v) is 3.39. The van der Waals surface area contributed by atoms with Crippen molar-refractivity contribution in [3.05, 3.63) is 0 Å². The van der Waals surface area contributed by atoms with Crippen molar-refractivity contribution < 1.29 is 24.6 Å². The Morgan fingerprint density at radius 1 is 1.08 bits per heavy atom. The predicted octanol–water partition coefficient (Wildman–Crippen LogP) is -0.339. The van der Waals surface area contributed by atoms with Crippen LogP contribution in [0.15, 0.2) is 0 Å². The number of ether oxygens (including phenoxy) is 1. The predicted molar refractivity (Wildman–Crippen MR) is 45.1 cm³/mol. The molecule has 0 aliphatic heterocycles. The number of carbonyl (C=O) groups excluding carboxylic acids is 3. The SMILES string of the molecule is CC(=O)C(=O)C(=O)OC(C)(C)C.O. The fraction of sp³-hybridized carbons (Fsp3) is 0.625. The Labute approximate surface area is 76.4 Å². The van der Waals surface area contributed by atoms with Crippen LogP contribution >= 0.6 is 0 Å². The van der Waals surface area contributed by atoms with Crippen LogP contribution in [0, 0.1) is 0 Å². The number of hydrogen-bond donors (Lipinski definition) is 0. The van der Waals surface area contributed by atoms with Crippen LogP contribution in [0.3, 0.4) is 0 Å². The van der Waals surface area contributed by atoms with Crippen molar-refractivity contribution in [3.8, 4) is 0 Å². The highest BCUT2D eigenvalue weighted by molar-refractivity contribution is 6.61. The first-order chi connectivity index (χ1) is 5.24. The van der Waals surface area contributed by atoms with Gasteiger partial charge in [-0.2, -0.15) is 0 Å². The summed E-state index contributed by atoms with van der Waals surface area (Å²) in [6.45, 7) is 5.90. The number of carbonyl (C=O) groups is 3. The Morgan fingerprint density at radius 2 is 1.46 bits per heavy atom. The standard InChI is InChI=1S/C8H12O4.H2O/c1-5(9)6(10)7(11)12-8(2,3)4;/h1-4H3;1H2. The lowest BCUT2D eigenvalue weighted by atomic mass is 10.2. The molecule has 0 aromatic rings. The van der Waals surface area contributed by atoms with Gasteiger partial charge in [0.2, 0.25) is 5.78 Å². The van der Waals surface area contributed by atoms with Crippen LogP contribution in [0.25, 0.3) is 0 Å². The quantitative estimate of drug-likeness (QED) is 0.338. The minimum atomic E-state index is -1.11. The molecule has 0 heterocycles. The summed E-state index contributed by atoms with van der Waals surface area (Å²) in [6.07, 6.45) is 0. The highest BCUT2D eigenvalue weighted by Gasteiger charge is 2.25. The van der Waals surface area contributed by atoms with E-state index in [1.165, 1.54) is 0 Å². The van der Waals surface area contributed by atoms with Crippen LogP contribution in [0.4, 0.5) is 0 Å². The lowest BCUT2D eigenvalue weighted by Gasteiger charge is -2.18. The number of Topliss-reactive ketones (excluding diaryl/α,β-unsaturated/α-hetero) is 2. The minimum Gasteiger partial charge on any atom is -0.454 e. The maximum Gasteiger partial charge on any atom is 0.383 e. The van der Waals surface area contributed by atoms with Gasteiger partial charge in [-0.15, -0.1) is 0 Å². The molecule has 0 saturated heterocycles. The van der Waals surface area contributed by atoms with Crippen LogP contribution in [0.1, 0.15) is 27.7 Å². The molecule has 0 aliphatic carbocycles. The fourth-order valence-electron chi connectivity index (χ4n) is 0.468. The summed E-state index contributed by atoms with van der Waals surface area (Å²) in [5.74, 6) is -3.00. The summed E-state index contributed by atoms with van der Waals surface area (Å²) < 4.78 is 4.65. The normalized spacial score (nSPS) is 9.85. The van der Waals surface area contributed by atoms with E-state index in [2.05, 4.69) is 4.74 Å². The molecule has 0 spiro atoms. The zero-order valence-electron chi connectivity index (χ0n) is 8.13. The average molecular weight is 190 g/mol. The first-order valence-electron chi connectivity index (χ1n) is 3.52. The fourth-order valence-corrected chi connectivity index (χ4v) is 0.468. The van der Waals surface area contributed by atoms with E-state index in [-0.39, 0.29) is 5.48 Å². The molecular formula is C8H14O5. The minimum absolute atomic E-state index is 0. The molecule has 0 bridgehead atoms. The van der Waals surface area contributed by atoms with E-state index in [1.54, 1.807) is 20.8 Å². The van der Waals surface area contributed by atoms with Gasteiger partial charge in [-0.25, -0.2) is 4.79 Å². The smallest absolute Gasteiger partial charge is 0.383 e. The van der Waals surface area contributed by atoms with Crippen molar-refractivity contribution >= 4 is 17.5 Å². The van der Waals surface area contributed by atoms with Gasteiger partial charge >= 0.3 is 11.8 Å². The first kappa shape index (κ1) is 14.3. The lowest BCUT2D eigenvalue weighted by Crippen LogP contribution is -2.31. The highest BCUT2D eigenvalue weighted by atomic mass is 16.6. The van der Waals surface area contributed by atoms with Crippen LogP contribution in [-0.2, 0) is 19.1 Å². The maximum absolute atomic E-state index is 10.8. The van der Waals surface area contributed by atoms with Gasteiger partial charge in [0.15, 0.2) is 0 Å². The van der Waals surface area contributed by atoms with Gasteiger partial charge in [0.25, 0.3) is 0 Å². The number of ketones is 2. The Kier molecular flexibility index (Phi) is 5.18. The highest BCUT2D eigenvalue weighted by Crippen LogP contribution is 2.06. The molecule has 0 fully saturated rings. The number of rotatable bonds is 2. The van der Waals surface area contributed by atoms with E-state index < -0.39 is 23.1 Å². The summed E-state index contributed by atoms with van der Waals surface area (Å²) in [4.78, 5) is 31.9. The Morgan fingerprint density at radius 3 is 1.69 bits per heavy atom. The molecule has 5 nitrogen and oxygen atoms in total. The summed E-state index contributed by atoms with van der Waals surface area (Å²) >= 11 is 0. The molecule has 0 aliphatic rings. The molecule has 0 unspecified atom stereocenters. The maximum atomic E-state index is 10.8. The van der Waals surface area contributed by atoms with Crippen molar-refractivity contribution in [2.24, 2.45) is 0 Å². The molecule has 0 saturated carbocycles. The molecule has 0 rings (SSSR count). The van der Waals surface area contributed by atoms with Crippen LogP contribution in [0.2, 0.25) is 0 Å². The third-order valence-corrected chi connectivity index (χ3v) is 0.904. The molecule has 0 amide bonds. The Balaban J connectivity index is 0. The molecule has 0 aromatic heterocycles. The molecule has 13 heavy (non-hydrogen) atoms. The summed E-state index contributed by atoms with van der Waals surface area (Å²) in [7, 11) is 0. The molecule has 2 N–H and O–H groups in total. The van der Waals surface area contributed by atoms with Gasteiger partial charge in [0.1, 0.15) is 5.60 Å². The van der Waals surface area contributed by atoms with Crippen LogP contribution < -0.4 is 0 Å². The van der Waals surface area contributed by atoms with Crippen molar-refractivity contribution in [2.75, 3.05) is 0 Å². The number of hydrogen-bond acceptors (Lipinski definition) is 4.